The molecule has 1 aromatic carbocycles. The number of carbonyl (C=O) groups excluding carboxylic acids is 1. The van der Waals surface area contributed by atoms with E-state index in [-0.39, 0.29) is 0 Å². The van der Waals surface area contributed by atoms with Gasteiger partial charge in [-0.1, -0.05) is 11.6 Å². The van der Waals surface area contributed by atoms with Gasteiger partial charge in [-0.15, -0.1) is 0 Å². The molecule has 0 aliphatic rings. The van der Waals surface area contributed by atoms with E-state index in [0.29, 0.717) is 10.8 Å². The number of hydrogen-bond acceptors (Lipinski definition) is 3. The number of carboxylic acid groups (broad SMARTS) is 1. The van der Waals surface area contributed by atoms with Crippen molar-refractivity contribution < 1.29 is 19.4 Å². The van der Waals surface area contributed by atoms with Crippen LogP contribution in [0.2, 0.25) is 5.02 Å². The average molecular weight is 272 g/mol. The average Bonchev–Trinajstić information content (AvgIpc) is 2.31. The molecule has 2 atom stereocenters. The molecule has 18 heavy (non-hydrogen) atoms. The van der Waals surface area contributed by atoms with E-state index in [2.05, 4.69) is 5.32 Å². The molecule has 0 aromatic heterocycles. The minimum absolute atomic E-state index is 0.486. The van der Waals surface area contributed by atoms with E-state index in [0.717, 1.165) is 0 Å². The van der Waals surface area contributed by atoms with E-state index in [1.807, 2.05) is 0 Å². The topological polar surface area (TPSA) is 75.6 Å². The number of halogens is 1. The Morgan fingerprint density at radius 1 is 1.28 bits per heavy atom. The highest BCUT2D eigenvalue weighted by Crippen LogP contribution is 2.16. The zero-order valence-electron chi connectivity index (χ0n) is 10.0. The fraction of sp³-hybridized carbons (Fsp3) is 0.333. The predicted octanol–water partition coefficient (Wildman–Crippen LogP) is 1.70. The Kier molecular flexibility index (Phi) is 4.97. The Balaban J connectivity index is 2.54. The van der Waals surface area contributed by atoms with Gasteiger partial charge in [0.05, 0.1) is 0 Å². The van der Waals surface area contributed by atoms with Crippen molar-refractivity contribution in [1.82, 2.24) is 5.32 Å². The van der Waals surface area contributed by atoms with Crippen LogP contribution in [0.25, 0.3) is 0 Å². The summed E-state index contributed by atoms with van der Waals surface area (Å²) in [6.45, 7) is 2.92. The van der Waals surface area contributed by atoms with Gasteiger partial charge in [0.25, 0.3) is 5.91 Å². The first-order chi connectivity index (χ1) is 8.40. The fourth-order valence-electron chi connectivity index (χ4n) is 1.16. The second-order valence-corrected chi connectivity index (χ2v) is 4.22. The van der Waals surface area contributed by atoms with Crippen molar-refractivity contribution in [2.24, 2.45) is 0 Å². The van der Waals surface area contributed by atoms with Crippen LogP contribution in [0.4, 0.5) is 0 Å². The minimum Gasteiger partial charge on any atom is -0.481 e. The summed E-state index contributed by atoms with van der Waals surface area (Å²) in [5.74, 6) is -1.09. The Labute approximate surface area is 110 Å². The lowest BCUT2D eigenvalue weighted by molar-refractivity contribution is -0.142. The van der Waals surface area contributed by atoms with Gasteiger partial charge in [-0.3, -0.25) is 9.59 Å². The number of nitrogens with one attached hydrogen (secondary N) is 1. The standard InChI is InChI=1S/C12H14ClNO4/c1-7(12(16)17)14-11(15)8(2)18-10-5-3-9(13)4-6-10/h3-8H,1-2H3,(H,14,15)(H,16,17)/t7-,8?/m1/s1. The monoisotopic (exact) mass is 271 g/mol. The van der Waals surface area contributed by atoms with Crippen molar-refractivity contribution in [3.05, 3.63) is 29.3 Å². The molecule has 0 spiro atoms. The molecule has 5 nitrogen and oxygen atoms in total. The molecular weight excluding hydrogens is 258 g/mol. The largest absolute Gasteiger partial charge is 0.481 e. The van der Waals surface area contributed by atoms with E-state index >= 15 is 0 Å². The van der Waals surface area contributed by atoms with Gasteiger partial charge in [0.2, 0.25) is 0 Å². The summed E-state index contributed by atoms with van der Waals surface area (Å²) in [5, 5.41) is 11.6. The number of carboxylic acids is 1. The lowest BCUT2D eigenvalue weighted by Crippen LogP contribution is -2.44. The van der Waals surface area contributed by atoms with E-state index in [4.69, 9.17) is 21.4 Å². The second kappa shape index (κ2) is 6.26. The van der Waals surface area contributed by atoms with Crippen LogP contribution in [0.1, 0.15) is 13.8 Å². The zero-order chi connectivity index (χ0) is 13.7. The van der Waals surface area contributed by atoms with Gasteiger partial charge in [0.1, 0.15) is 11.8 Å². The van der Waals surface area contributed by atoms with Gasteiger partial charge in [0, 0.05) is 5.02 Å². The number of carbonyl (C=O) groups is 2. The molecule has 1 aromatic rings. The van der Waals surface area contributed by atoms with Crippen molar-refractivity contribution >= 4 is 23.5 Å². The summed E-state index contributed by atoms with van der Waals surface area (Å²) < 4.78 is 5.35. The fourth-order valence-corrected chi connectivity index (χ4v) is 1.29. The minimum atomic E-state index is -1.10. The van der Waals surface area contributed by atoms with Crippen molar-refractivity contribution in [3.63, 3.8) is 0 Å². The van der Waals surface area contributed by atoms with Gasteiger partial charge in [-0.2, -0.15) is 0 Å². The first-order valence-electron chi connectivity index (χ1n) is 5.35. The molecule has 0 heterocycles. The summed E-state index contributed by atoms with van der Waals surface area (Å²) in [5.41, 5.74) is 0. The molecule has 0 aliphatic heterocycles. The summed E-state index contributed by atoms with van der Waals surface area (Å²) >= 11 is 5.71. The van der Waals surface area contributed by atoms with E-state index in [1.54, 1.807) is 31.2 Å². The second-order valence-electron chi connectivity index (χ2n) is 3.78. The highest BCUT2D eigenvalue weighted by Gasteiger charge is 2.20. The normalized spacial score (nSPS) is 13.5. The molecule has 0 bridgehead atoms. The van der Waals surface area contributed by atoms with Gasteiger partial charge >= 0.3 is 5.97 Å². The van der Waals surface area contributed by atoms with Crippen molar-refractivity contribution in [1.29, 1.82) is 0 Å². The Morgan fingerprint density at radius 3 is 2.33 bits per heavy atom. The Bertz CT molecular complexity index is 432. The van der Waals surface area contributed by atoms with Crippen LogP contribution in [0, 0.1) is 0 Å². The van der Waals surface area contributed by atoms with Gasteiger partial charge < -0.3 is 15.2 Å². The van der Waals surface area contributed by atoms with E-state index < -0.39 is 24.0 Å². The Morgan fingerprint density at radius 2 is 1.83 bits per heavy atom. The molecule has 0 fully saturated rings. The van der Waals surface area contributed by atoms with Crippen LogP contribution in [0.5, 0.6) is 5.75 Å². The third-order valence-corrected chi connectivity index (χ3v) is 2.48. The summed E-state index contributed by atoms with van der Waals surface area (Å²) in [6, 6.07) is 5.59. The van der Waals surface area contributed by atoms with Crippen LogP contribution < -0.4 is 10.1 Å². The smallest absolute Gasteiger partial charge is 0.325 e. The number of ether oxygens (including phenoxy) is 1. The van der Waals surface area contributed by atoms with Crippen LogP contribution in [0.3, 0.4) is 0 Å². The molecule has 0 saturated heterocycles. The predicted molar refractivity (Wildman–Crippen MR) is 66.8 cm³/mol. The first-order valence-corrected chi connectivity index (χ1v) is 5.73. The lowest BCUT2D eigenvalue weighted by Gasteiger charge is -2.16. The van der Waals surface area contributed by atoms with Gasteiger partial charge in [-0.05, 0) is 38.1 Å². The third-order valence-electron chi connectivity index (χ3n) is 2.22. The van der Waals surface area contributed by atoms with Crippen LogP contribution in [-0.2, 0) is 9.59 Å². The number of aliphatic carboxylic acids is 1. The van der Waals surface area contributed by atoms with E-state index in [1.165, 1.54) is 6.92 Å². The lowest BCUT2D eigenvalue weighted by atomic mass is 10.3. The summed E-state index contributed by atoms with van der Waals surface area (Å²) in [6.07, 6.45) is -0.784. The zero-order valence-corrected chi connectivity index (χ0v) is 10.8. The SMILES string of the molecule is CC(Oc1ccc(Cl)cc1)C(=O)N[C@H](C)C(=O)O. The molecule has 98 valence electrons. The molecule has 1 amide bonds. The van der Waals surface area contributed by atoms with Crippen molar-refractivity contribution in [2.45, 2.75) is 26.0 Å². The van der Waals surface area contributed by atoms with Crippen molar-refractivity contribution in [3.8, 4) is 5.75 Å². The van der Waals surface area contributed by atoms with Gasteiger partial charge in [-0.25, -0.2) is 0 Å². The molecule has 6 heteroatoms. The van der Waals surface area contributed by atoms with Crippen LogP contribution in [0.15, 0.2) is 24.3 Å². The van der Waals surface area contributed by atoms with Crippen LogP contribution in [-0.4, -0.2) is 29.1 Å². The maximum atomic E-state index is 11.6. The molecule has 2 N–H and O–H groups in total. The maximum absolute atomic E-state index is 11.6. The highest BCUT2D eigenvalue weighted by molar-refractivity contribution is 6.30. The molecule has 1 rings (SSSR count). The molecule has 0 saturated carbocycles. The molecular formula is C12H14ClNO4. The highest BCUT2D eigenvalue weighted by atomic mass is 35.5. The number of benzene rings is 1. The third kappa shape index (κ3) is 4.25. The maximum Gasteiger partial charge on any atom is 0.325 e. The summed E-state index contributed by atoms with van der Waals surface area (Å²) in [7, 11) is 0. The van der Waals surface area contributed by atoms with E-state index in [9.17, 15) is 9.59 Å². The molecule has 0 radical (unpaired) electrons. The first kappa shape index (κ1) is 14.3. The Hall–Kier alpha value is -1.75. The summed E-state index contributed by atoms with van der Waals surface area (Å²) in [4.78, 5) is 22.2. The molecule has 0 aliphatic carbocycles. The quantitative estimate of drug-likeness (QED) is 0.855. The molecule has 1 unspecified atom stereocenters. The van der Waals surface area contributed by atoms with Gasteiger partial charge in [0.15, 0.2) is 6.10 Å². The number of hydrogen-bond donors (Lipinski definition) is 2. The number of rotatable bonds is 5. The van der Waals surface area contributed by atoms with Crippen LogP contribution >= 0.6 is 11.6 Å². The number of amides is 1. The van der Waals surface area contributed by atoms with Crippen molar-refractivity contribution in [2.75, 3.05) is 0 Å².